The van der Waals surface area contributed by atoms with E-state index < -0.39 is 0 Å². The average molecular weight is 300 g/mol. The van der Waals surface area contributed by atoms with Crippen molar-refractivity contribution >= 4 is 5.91 Å². The fourth-order valence-corrected chi connectivity index (χ4v) is 3.03. The van der Waals surface area contributed by atoms with Gasteiger partial charge in [-0.15, -0.1) is 5.10 Å². The van der Waals surface area contributed by atoms with Crippen LogP contribution in [0.3, 0.4) is 0 Å². The molecule has 0 saturated heterocycles. The normalized spacial score (nSPS) is 16.6. The van der Waals surface area contributed by atoms with Gasteiger partial charge in [0.15, 0.2) is 0 Å². The Hall–Kier alpha value is -2.28. The van der Waals surface area contributed by atoms with Crippen molar-refractivity contribution < 1.29 is 4.79 Å². The van der Waals surface area contributed by atoms with Crippen molar-refractivity contribution in [1.82, 2.24) is 25.5 Å². The number of carbonyl (C=O) groups is 1. The molecule has 0 spiro atoms. The van der Waals surface area contributed by atoms with Crippen LogP contribution >= 0.6 is 0 Å². The molecule has 7 heteroatoms. The molecule has 7 nitrogen and oxygen atoms in total. The number of hydrogen-bond donors (Lipinski definition) is 2. The Labute approximate surface area is 128 Å². The summed E-state index contributed by atoms with van der Waals surface area (Å²) < 4.78 is 1.54. The number of benzene rings is 1. The molecule has 116 valence electrons. The quantitative estimate of drug-likeness (QED) is 0.855. The molecule has 1 aromatic carbocycles. The molecular formula is C15H20N6O. The van der Waals surface area contributed by atoms with Gasteiger partial charge in [0.25, 0.3) is 5.91 Å². The lowest BCUT2D eigenvalue weighted by Gasteiger charge is -2.23. The monoisotopic (exact) mass is 300 g/mol. The van der Waals surface area contributed by atoms with Gasteiger partial charge in [-0.25, -0.2) is 4.68 Å². The molecule has 1 aromatic heterocycles. The Morgan fingerprint density at radius 1 is 1.32 bits per heavy atom. The lowest BCUT2D eigenvalue weighted by Crippen LogP contribution is -2.44. The molecule has 1 saturated carbocycles. The average Bonchev–Trinajstić information content (AvgIpc) is 3.25. The summed E-state index contributed by atoms with van der Waals surface area (Å²) in [4.78, 5) is 12.4. The predicted octanol–water partition coefficient (Wildman–Crippen LogP) is 0.910. The first-order valence-corrected chi connectivity index (χ1v) is 7.62. The van der Waals surface area contributed by atoms with Crippen LogP contribution in [-0.2, 0) is 0 Å². The van der Waals surface area contributed by atoms with Gasteiger partial charge in [-0.2, -0.15) is 0 Å². The lowest BCUT2D eigenvalue weighted by molar-refractivity contribution is 0.0924. The molecule has 1 aliphatic carbocycles. The maximum Gasteiger partial charge on any atom is 0.251 e. The molecule has 1 aliphatic rings. The van der Waals surface area contributed by atoms with Crippen molar-refractivity contribution in [2.75, 3.05) is 6.54 Å². The number of tetrazole rings is 1. The van der Waals surface area contributed by atoms with Crippen molar-refractivity contribution in [1.29, 1.82) is 0 Å². The largest absolute Gasteiger partial charge is 0.348 e. The minimum Gasteiger partial charge on any atom is -0.348 e. The molecule has 0 aliphatic heterocycles. The standard InChI is InChI=1S/C15H20N6O/c16-9-14(11-3-1-2-4-11)18-15(22)12-5-7-13(8-6-12)21-10-17-19-20-21/h5-8,10-11,14H,1-4,9,16H2,(H,18,22). The van der Waals surface area contributed by atoms with E-state index in [9.17, 15) is 4.79 Å². The third kappa shape index (κ3) is 3.14. The van der Waals surface area contributed by atoms with Crippen LogP contribution in [0.2, 0.25) is 0 Å². The minimum atomic E-state index is -0.0781. The van der Waals surface area contributed by atoms with Crippen LogP contribution in [0.25, 0.3) is 5.69 Å². The van der Waals surface area contributed by atoms with Gasteiger partial charge in [-0.1, -0.05) is 12.8 Å². The topological polar surface area (TPSA) is 98.7 Å². The molecule has 2 aromatic rings. The number of nitrogens with one attached hydrogen (secondary N) is 1. The molecule has 1 fully saturated rings. The zero-order valence-electron chi connectivity index (χ0n) is 12.4. The molecule has 0 bridgehead atoms. The fourth-order valence-electron chi connectivity index (χ4n) is 3.03. The Balaban J connectivity index is 1.66. The summed E-state index contributed by atoms with van der Waals surface area (Å²) in [5, 5.41) is 14.1. The summed E-state index contributed by atoms with van der Waals surface area (Å²) in [5.74, 6) is 0.431. The highest BCUT2D eigenvalue weighted by molar-refractivity contribution is 5.94. The molecule has 22 heavy (non-hydrogen) atoms. The second kappa shape index (κ2) is 6.65. The maximum atomic E-state index is 12.4. The van der Waals surface area contributed by atoms with E-state index in [0.29, 0.717) is 18.0 Å². The summed E-state index contributed by atoms with van der Waals surface area (Å²) in [6, 6.07) is 7.24. The van der Waals surface area contributed by atoms with Crippen LogP contribution in [0.5, 0.6) is 0 Å². The van der Waals surface area contributed by atoms with E-state index in [1.54, 1.807) is 16.8 Å². The van der Waals surface area contributed by atoms with E-state index in [0.717, 1.165) is 18.5 Å². The molecule has 1 unspecified atom stereocenters. The molecule has 0 radical (unpaired) electrons. The number of aromatic nitrogens is 4. The van der Waals surface area contributed by atoms with E-state index in [1.807, 2.05) is 12.1 Å². The third-order valence-corrected chi connectivity index (χ3v) is 4.28. The highest BCUT2D eigenvalue weighted by Gasteiger charge is 2.25. The number of nitrogens with two attached hydrogens (primary N) is 1. The van der Waals surface area contributed by atoms with Crippen LogP contribution in [-0.4, -0.2) is 38.7 Å². The van der Waals surface area contributed by atoms with Crippen molar-refractivity contribution in [2.24, 2.45) is 11.7 Å². The van der Waals surface area contributed by atoms with Gasteiger partial charge in [0.2, 0.25) is 0 Å². The smallest absolute Gasteiger partial charge is 0.251 e. The second-order valence-electron chi connectivity index (χ2n) is 5.66. The van der Waals surface area contributed by atoms with Gasteiger partial charge in [-0.3, -0.25) is 4.79 Å². The number of amides is 1. The SMILES string of the molecule is NCC(NC(=O)c1ccc(-n2cnnn2)cc1)C1CCCC1. The first-order valence-electron chi connectivity index (χ1n) is 7.62. The van der Waals surface area contributed by atoms with Crippen molar-refractivity contribution in [2.45, 2.75) is 31.7 Å². The predicted molar refractivity (Wildman–Crippen MR) is 81.4 cm³/mol. The lowest BCUT2D eigenvalue weighted by atomic mass is 9.98. The fraction of sp³-hybridized carbons (Fsp3) is 0.467. The van der Waals surface area contributed by atoms with Gasteiger partial charge in [0.1, 0.15) is 6.33 Å². The highest BCUT2D eigenvalue weighted by atomic mass is 16.1. The van der Waals surface area contributed by atoms with Crippen LogP contribution in [0, 0.1) is 5.92 Å². The zero-order valence-corrected chi connectivity index (χ0v) is 12.4. The van der Waals surface area contributed by atoms with Gasteiger partial charge < -0.3 is 11.1 Å². The molecule has 1 heterocycles. The Kier molecular flexibility index (Phi) is 4.43. The molecule has 3 rings (SSSR count). The van der Waals surface area contributed by atoms with Crippen LogP contribution in [0.15, 0.2) is 30.6 Å². The van der Waals surface area contributed by atoms with Gasteiger partial charge in [-0.05, 0) is 53.5 Å². The zero-order chi connectivity index (χ0) is 15.4. The van der Waals surface area contributed by atoms with Crippen LogP contribution in [0.4, 0.5) is 0 Å². The number of carbonyl (C=O) groups excluding carboxylic acids is 1. The van der Waals surface area contributed by atoms with Crippen LogP contribution < -0.4 is 11.1 Å². The van der Waals surface area contributed by atoms with E-state index in [2.05, 4.69) is 20.8 Å². The summed E-state index contributed by atoms with van der Waals surface area (Å²) in [5.41, 5.74) is 7.26. The van der Waals surface area contributed by atoms with E-state index in [1.165, 1.54) is 19.2 Å². The number of rotatable bonds is 5. The summed E-state index contributed by atoms with van der Waals surface area (Å²) in [6.07, 6.45) is 6.29. The van der Waals surface area contributed by atoms with Crippen LogP contribution in [0.1, 0.15) is 36.0 Å². The highest BCUT2D eigenvalue weighted by Crippen LogP contribution is 2.27. The van der Waals surface area contributed by atoms with Crippen molar-refractivity contribution in [3.05, 3.63) is 36.2 Å². The van der Waals surface area contributed by atoms with E-state index in [4.69, 9.17) is 5.73 Å². The second-order valence-corrected chi connectivity index (χ2v) is 5.66. The van der Waals surface area contributed by atoms with E-state index in [-0.39, 0.29) is 11.9 Å². The Morgan fingerprint density at radius 2 is 2.05 bits per heavy atom. The summed E-state index contributed by atoms with van der Waals surface area (Å²) >= 11 is 0. The van der Waals surface area contributed by atoms with Crippen molar-refractivity contribution in [3.8, 4) is 5.69 Å². The molecular weight excluding hydrogens is 280 g/mol. The third-order valence-electron chi connectivity index (χ3n) is 4.28. The number of nitrogens with zero attached hydrogens (tertiary/aromatic N) is 4. The molecule has 3 N–H and O–H groups in total. The summed E-state index contributed by atoms with van der Waals surface area (Å²) in [6.45, 7) is 0.485. The van der Waals surface area contributed by atoms with E-state index >= 15 is 0 Å². The molecule has 1 amide bonds. The first kappa shape index (κ1) is 14.6. The van der Waals surface area contributed by atoms with Crippen molar-refractivity contribution in [3.63, 3.8) is 0 Å². The maximum absolute atomic E-state index is 12.4. The minimum absolute atomic E-state index is 0.0641. The van der Waals surface area contributed by atoms with Gasteiger partial charge in [0, 0.05) is 18.2 Å². The van der Waals surface area contributed by atoms with Gasteiger partial charge >= 0.3 is 0 Å². The first-order chi connectivity index (χ1) is 10.8. The Bertz CT molecular complexity index is 603. The number of hydrogen-bond acceptors (Lipinski definition) is 5. The van der Waals surface area contributed by atoms with Gasteiger partial charge in [0.05, 0.1) is 5.69 Å². The summed E-state index contributed by atoms with van der Waals surface area (Å²) in [7, 11) is 0. The molecule has 1 atom stereocenters. The Morgan fingerprint density at radius 3 is 2.64 bits per heavy atom.